The molecular weight excluding hydrogens is 344 g/mol. The third-order valence-corrected chi connectivity index (χ3v) is 5.44. The zero-order chi connectivity index (χ0) is 19.7. The quantitative estimate of drug-likeness (QED) is 0.147. The number of rotatable bonds is 18. The van der Waals surface area contributed by atoms with Crippen LogP contribution in [-0.4, -0.2) is 19.3 Å². The Morgan fingerprint density at radius 2 is 1.54 bits per heavy atom. The minimum Gasteiger partial charge on any atom is -0.491 e. The van der Waals surface area contributed by atoms with Crippen LogP contribution in [-0.2, 0) is 11.2 Å². The Kier molecular flexibility index (Phi) is 12.8. The van der Waals surface area contributed by atoms with Gasteiger partial charge in [-0.3, -0.25) is 0 Å². The first kappa shape index (κ1) is 23.0. The molecule has 1 atom stereocenters. The zero-order valence-corrected chi connectivity index (χ0v) is 18.2. The monoisotopic (exact) mass is 386 g/mol. The van der Waals surface area contributed by atoms with Crippen molar-refractivity contribution in [2.75, 3.05) is 13.2 Å². The summed E-state index contributed by atoms with van der Waals surface area (Å²) >= 11 is 0. The van der Waals surface area contributed by atoms with Gasteiger partial charge in [0.05, 0.1) is 6.61 Å². The molecular formula is C26H42O2. The molecule has 0 aliphatic carbocycles. The normalized spacial score (nSPS) is 16.0. The van der Waals surface area contributed by atoms with Crippen LogP contribution in [0.2, 0.25) is 0 Å². The molecule has 2 heteroatoms. The second kappa shape index (κ2) is 15.6. The van der Waals surface area contributed by atoms with Gasteiger partial charge in [0, 0.05) is 0 Å². The van der Waals surface area contributed by atoms with Crippen molar-refractivity contribution >= 4 is 0 Å². The standard InChI is InChI=1S/C26H42O2/c1-2-3-4-5-6-7-8-9-10-11-12-13-14-15-16-18-24-19-17-20-25(21-24)27-22-26-23-28-26/h4-5,17,19-21,26H,2-3,6-16,18,22-23H2,1H3/b5-4+. The maximum atomic E-state index is 5.77. The van der Waals surface area contributed by atoms with Gasteiger partial charge in [0.2, 0.25) is 0 Å². The number of unbranched alkanes of at least 4 members (excludes halogenated alkanes) is 11. The van der Waals surface area contributed by atoms with E-state index in [4.69, 9.17) is 9.47 Å². The smallest absolute Gasteiger partial charge is 0.119 e. The molecule has 1 heterocycles. The van der Waals surface area contributed by atoms with Crippen LogP contribution in [0.15, 0.2) is 36.4 Å². The fraction of sp³-hybridized carbons (Fsp3) is 0.692. The van der Waals surface area contributed by atoms with Crippen LogP contribution in [0.3, 0.4) is 0 Å². The van der Waals surface area contributed by atoms with E-state index in [0.717, 1.165) is 12.4 Å². The van der Waals surface area contributed by atoms with Gasteiger partial charge in [0.1, 0.15) is 18.5 Å². The lowest BCUT2D eigenvalue weighted by molar-refractivity contribution is 0.263. The number of ether oxygens (including phenoxy) is 2. The van der Waals surface area contributed by atoms with Gasteiger partial charge >= 0.3 is 0 Å². The first-order valence-electron chi connectivity index (χ1n) is 11.9. The lowest BCUT2D eigenvalue weighted by Crippen LogP contribution is -2.04. The fourth-order valence-corrected chi connectivity index (χ4v) is 3.55. The van der Waals surface area contributed by atoms with Crippen LogP contribution in [0.4, 0.5) is 0 Å². The molecule has 1 aliphatic rings. The molecule has 0 N–H and O–H groups in total. The maximum absolute atomic E-state index is 5.77. The third kappa shape index (κ3) is 12.2. The maximum Gasteiger partial charge on any atom is 0.119 e. The van der Waals surface area contributed by atoms with E-state index >= 15 is 0 Å². The van der Waals surface area contributed by atoms with Crippen LogP contribution >= 0.6 is 0 Å². The molecule has 0 aromatic heterocycles. The average molecular weight is 387 g/mol. The molecule has 0 spiro atoms. The van der Waals surface area contributed by atoms with Crippen LogP contribution < -0.4 is 4.74 Å². The number of benzene rings is 1. The predicted octanol–water partition coefficient (Wildman–Crippen LogP) is 7.65. The van der Waals surface area contributed by atoms with Gasteiger partial charge in [-0.25, -0.2) is 0 Å². The molecule has 1 saturated heterocycles. The number of allylic oxidation sites excluding steroid dienone is 2. The van der Waals surface area contributed by atoms with Crippen molar-refractivity contribution in [3.8, 4) is 5.75 Å². The van der Waals surface area contributed by atoms with E-state index < -0.39 is 0 Å². The molecule has 0 saturated carbocycles. The van der Waals surface area contributed by atoms with Crippen LogP contribution in [0.1, 0.15) is 96.0 Å². The minimum atomic E-state index is 0.330. The minimum absolute atomic E-state index is 0.330. The van der Waals surface area contributed by atoms with Crippen molar-refractivity contribution in [3.05, 3.63) is 42.0 Å². The molecule has 1 aromatic rings. The van der Waals surface area contributed by atoms with Gasteiger partial charge in [-0.1, -0.05) is 89.0 Å². The molecule has 0 amide bonds. The number of hydrogen-bond acceptors (Lipinski definition) is 2. The van der Waals surface area contributed by atoms with Crippen LogP contribution in [0.25, 0.3) is 0 Å². The van der Waals surface area contributed by atoms with Crippen molar-refractivity contribution in [3.63, 3.8) is 0 Å². The molecule has 0 bridgehead atoms. The molecule has 0 radical (unpaired) electrons. The second-order valence-corrected chi connectivity index (χ2v) is 8.25. The highest BCUT2D eigenvalue weighted by molar-refractivity contribution is 5.28. The van der Waals surface area contributed by atoms with E-state index in [1.54, 1.807) is 0 Å². The summed E-state index contributed by atoms with van der Waals surface area (Å²) in [6.07, 6.45) is 23.9. The van der Waals surface area contributed by atoms with Gasteiger partial charge in [-0.2, -0.15) is 0 Å². The highest BCUT2D eigenvalue weighted by atomic mass is 16.6. The fourth-order valence-electron chi connectivity index (χ4n) is 3.55. The Labute approximate surface area is 173 Å². The van der Waals surface area contributed by atoms with E-state index in [-0.39, 0.29) is 0 Å². The Morgan fingerprint density at radius 3 is 2.21 bits per heavy atom. The molecule has 1 fully saturated rings. The third-order valence-electron chi connectivity index (χ3n) is 5.44. The van der Waals surface area contributed by atoms with Gasteiger partial charge in [-0.15, -0.1) is 0 Å². The molecule has 2 rings (SSSR count). The van der Waals surface area contributed by atoms with E-state index in [1.165, 1.54) is 95.5 Å². The van der Waals surface area contributed by atoms with Crippen molar-refractivity contribution in [2.45, 2.75) is 103 Å². The molecule has 1 aromatic carbocycles. The van der Waals surface area contributed by atoms with Crippen LogP contribution in [0.5, 0.6) is 5.75 Å². The van der Waals surface area contributed by atoms with Gasteiger partial charge < -0.3 is 9.47 Å². The summed E-state index contributed by atoms with van der Waals surface area (Å²) in [5.74, 6) is 0.991. The Morgan fingerprint density at radius 1 is 0.893 bits per heavy atom. The summed E-state index contributed by atoms with van der Waals surface area (Å²) in [6, 6.07) is 8.58. The number of epoxide rings is 1. The summed E-state index contributed by atoms with van der Waals surface area (Å²) in [4.78, 5) is 0. The largest absolute Gasteiger partial charge is 0.491 e. The van der Waals surface area contributed by atoms with Crippen molar-refractivity contribution in [1.29, 1.82) is 0 Å². The Hall–Kier alpha value is -1.28. The lowest BCUT2D eigenvalue weighted by Gasteiger charge is -2.07. The van der Waals surface area contributed by atoms with Crippen molar-refractivity contribution in [2.24, 2.45) is 0 Å². The summed E-state index contributed by atoms with van der Waals surface area (Å²) in [5.41, 5.74) is 1.40. The van der Waals surface area contributed by atoms with Gasteiger partial charge in [0.15, 0.2) is 0 Å². The highest BCUT2D eigenvalue weighted by Crippen LogP contribution is 2.18. The van der Waals surface area contributed by atoms with Crippen molar-refractivity contribution in [1.82, 2.24) is 0 Å². The lowest BCUT2D eigenvalue weighted by atomic mass is 10.0. The van der Waals surface area contributed by atoms with E-state index in [2.05, 4.69) is 43.3 Å². The highest BCUT2D eigenvalue weighted by Gasteiger charge is 2.22. The average Bonchev–Trinajstić information content (AvgIpc) is 3.54. The van der Waals surface area contributed by atoms with Gasteiger partial charge in [0.25, 0.3) is 0 Å². The van der Waals surface area contributed by atoms with Gasteiger partial charge in [-0.05, 0) is 49.8 Å². The summed E-state index contributed by atoms with van der Waals surface area (Å²) in [7, 11) is 0. The van der Waals surface area contributed by atoms with E-state index in [9.17, 15) is 0 Å². The summed E-state index contributed by atoms with van der Waals surface area (Å²) < 4.78 is 11.0. The van der Waals surface area contributed by atoms with Crippen molar-refractivity contribution < 1.29 is 9.47 Å². The number of aryl methyl sites for hydroxylation is 1. The molecule has 1 aliphatic heterocycles. The first-order chi connectivity index (χ1) is 13.9. The van der Waals surface area contributed by atoms with Crippen LogP contribution in [0, 0.1) is 0 Å². The molecule has 2 nitrogen and oxygen atoms in total. The Bertz CT molecular complexity index is 519. The molecule has 158 valence electrons. The topological polar surface area (TPSA) is 21.8 Å². The van der Waals surface area contributed by atoms with E-state index in [1.807, 2.05) is 0 Å². The first-order valence-corrected chi connectivity index (χ1v) is 11.9. The predicted molar refractivity (Wildman–Crippen MR) is 120 cm³/mol. The SMILES string of the molecule is CCC/C=C/CCCCCCCCCCCCc1cccc(OCC2CO2)c1. The summed E-state index contributed by atoms with van der Waals surface area (Å²) in [5, 5.41) is 0. The zero-order valence-electron chi connectivity index (χ0n) is 18.2. The second-order valence-electron chi connectivity index (χ2n) is 8.25. The number of hydrogen-bond donors (Lipinski definition) is 0. The molecule has 1 unspecified atom stereocenters. The molecule has 28 heavy (non-hydrogen) atoms. The summed E-state index contributed by atoms with van der Waals surface area (Å²) in [6.45, 7) is 3.79. The van der Waals surface area contributed by atoms with E-state index in [0.29, 0.717) is 12.7 Å². The Balaban J connectivity index is 1.35.